The molecule has 3 heteroatoms. The summed E-state index contributed by atoms with van der Waals surface area (Å²) in [7, 11) is 0. The van der Waals surface area contributed by atoms with Gasteiger partial charge in [0.15, 0.2) is 0 Å². The minimum atomic E-state index is 0.749. The quantitative estimate of drug-likeness (QED) is 0.698. The van der Waals surface area contributed by atoms with Gasteiger partial charge in [-0.2, -0.15) is 11.8 Å². The fourth-order valence-electron chi connectivity index (χ4n) is 2.36. The Morgan fingerprint density at radius 3 is 2.16 bits per heavy atom. The average Bonchev–Trinajstić information content (AvgIpc) is 2.38. The molecule has 0 bridgehead atoms. The van der Waals surface area contributed by atoms with Crippen molar-refractivity contribution in [3.63, 3.8) is 0 Å². The van der Waals surface area contributed by atoms with E-state index in [0.717, 1.165) is 17.9 Å². The van der Waals surface area contributed by atoms with E-state index in [4.69, 9.17) is 0 Å². The molecule has 2 nitrogen and oxygen atoms in total. The van der Waals surface area contributed by atoms with E-state index in [0.29, 0.717) is 0 Å². The molecule has 1 N–H and O–H groups in total. The summed E-state index contributed by atoms with van der Waals surface area (Å²) < 4.78 is 0. The highest BCUT2D eigenvalue weighted by Crippen LogP contribution is 2.12. The minimum absolute atomic E-state index is 0.749. The minimum Gasteiger partial charge on any atom is -0.312 e. The van der Waals surface area contributed by atoms with Crippen LogP contribution in [-0.4, -0.2) is 48.6 Å². The number of nitrogens with one attached hydrogen (secondary N) is 1. The van der Waals surface area contributed by atoms with Gasteiger partial charge < -0.3 is 10.2 Å². The summed E-state index contributed by atoms with van der Waals surface area (Å²) in [4.78, 5) is 2.70. The van der Waals surface area contributed by atoms with Crippen molar-refractivity contribution in [1.82, 2.24) is 10.2 Å². The molecule has 1 rings (SSSR count). The van der Waals surface area contributed by atoms with Crippen molar-refractivity contribution >= 4 is 11.8 Å². The molecule has 0 radical (unpaired) electrons. The molecule has 1 aliphatic rings. The molecule has 1 fully saturated rings. The standard InChI is InChI=1S/C16H34N2S/c1-14(2)5-9-18(10-6-15(3)4)11-7-16-13-19-12-8-17-16/h14-17H,5-13H2,1-4H3. The van der Waals surface area contributed by atoms with Crippen molar-refractivity contribution in [1.29, 1.82) is 0 Å². The van der Waals surface area contributed by atoms with Crippen LogP contribution in [0.2, 0.25) is 0 Å². The van der Waals surface area contributed by atoms with Gasteiger partial charge in [-0.05, 0) is 50.7 Å². The second kappa shape index (κ2) is 10.1. The lowest BCUT2D eigenvalue weighted by molar-refractivity contribution is 0.233. The second-order valence-corrected chi connectivity index (χ2v) is 7.87. The van der Waals surface area contributed by atoms with Crippen molar-refractivity contribution in [3.05, 3.63) is 0 Å². The Morgan fingerprint density at radius 1 is 1.05 bits per heavy atom. The van der Waals surface area contributed by atoms with Crippen LogP contribution in [0.3, 0.4) is 0 Å². The van der Waals surface area contributed by atoms with Gasteiger partial charge in [-0.1, -0.05) is 27.7 Å². The molecule has 0 aromatic heterocycles. The summed E-state index contributed by atoms with van der Waals surface area (Å²) in [6.45, 7) is 14.4. The van der Waals surface area contributed by atoms with E-state index in [1.54, 1.807) is 0 Å². The van der Waals surface area contributed by atoms with Crippen LogP contribution in [0.1, 0.15) is 47.0 Å². The van der Waals surface area contributed by atoms with Crippen LogP contribution in [0.5, 0.6) is 0 Å². The molecule has 114 valence electrons. The van der Waals surface area contributed by atoms with Crippen LogP contribution in [-0.2, 0) is 0 Å². The summed E-state index contributed by atoms with van der Waals surface area (Å²) in [6, 6.07) is 0.749. The molecule has 0 aliphatic carbocycles. The molecule has 0 spiro atoms. The summed E-state index contributed by atoms with van der Waals surface area (Å²) >= 11 is 2.11. The van der Waals surface area contributed by atoms with Crippen LogP contribution in [0, 0.1) is 11.8 Å². The molecule has 1 saturated heterocycles. The van der Waals surface area contributed by atoms with Crippen molar-refractivity contribution in [2.24, 2.45) is 11.8 Å². The third-order valence-corrected chi connectivity index (χ3v) is 4.97. The SMILES string of the molecule is CC(C)CCN(CCC(C)C)CCC1CSCCN1. The Morgan fingerprint density at radius 2 is 1.68 bits per heavy atom. The number of hydrogen-bond acceptors (Lipinski definition) is 3. The molecule has 0 amide bonds. The van der Waals surface area contributed by atoms with Crippen LogP contribution in [0.25, 0.3) is 0 Å². The zero-order valence-electron chi connectivity index (χ0n) is 13.5. The van der Waals surface area contributed by atoms with Crippen molar-refractivity contribution in [3.8, 4) is 0 Å². The highest BCUT2D eigenvalue weighted by Gasteiger charge is 2.15. The Labute approximate surface area is 125 Å². The average molecular weight is 287 g/mol. The zero-order valence-corrected chi connectivity index (χ0v) is 14.3. The molecule has 0 aromatic rings. The maximum absolute atomic E-state index is 3.66. The molecular formula is C16H34N2S. The topological polar surface area (TPSA) is 15.3 Å². The molecule has 0 aromatic carbocycles. The third kappa shape index (κ3) is 8.93. The van der Waals surface area contributed by atoms with Crippen LogP contribution in [0.15, 0.2) is 0 Å². The molecular weight excluding hydrogens is 252 g/mol. The molecule has 19 heavy (non-hydrogen) atoms. The van der Waals surface area contributed by atoms with Crippen LogP contribution >= 0.6 is 11.8 Å². The van der Waals surface area contributed by atoms with Gasteiger partial charge in [-0.3, -0.25) is 0 Å². The van der Waals surface area contributed by atoms with E-state index in [1.165, 1.54) is 56.9 Å². The summed E-state index contributed by atoms with van der Waals surface area (Å²) in [5.41, 5.74) is 0. The molecule has 1 aliphatic heterocycles. The number of hydrogen-bond donors (Lipinski definition) is 1. The monoisotopic (exact) mass is 286 g/mol. The molecule has 1 heterocycles. The van der Waals surface area contributed by atoms with E-state index < -0.39 is 0 Å². The van der Waals surface area contributed by atoms with Crippen molar-refractivity contribution in [2.75, 3.05) is 37.7 Å². The fraction of sp³-hybridized carbons (Fsp3) is 1.00. The molecule has 1 atom stereocenters. The lowest BCUT2D eigenvalue weighted by Crippen LogP contribution is -2.40. The smallest absolute Gasteiger partial charge is 0.0170 e. The van der Waals surface area contributed by atoms with Gasteiger partial charge in [0.25, 0.3) is 0 Å². The maximum Gasteiger partial charge on any atom is 0.0170 e. The summed E-state index contributed by atoms with van der Waals surface area (Å²) in [6.07, 6.45) is 4.00. The van der Waals surface area contributed by atoms with Gasteiger partial charge in [0.1, 0.15) is 0 Å². The highest BCUT2D eigenvalue weighted by molar-refractivity contribution is 7.99. The number of nitrogens with zero attached hydrogens (tertiary/aromatic N) is 1. The van der Waals surface area contributed by atoms with Gasteiger partial charge in [-0.25, -0.2) is 0 Å². The molecule has 1 unspecified atom stereocenters. The summed E-state index contributed by atoms with van der Waals surface area (Å²) in [5.74, 6) is 4.25. The predicted octanol–water partition coefficient (Wildman–Crippen LogP) is 3.48. The van der Waals surface area contributed by atoms with Crippen molar-refractivity contribution < 1.29 is 0 Å². The first-order valence-electron chi connectivity index (χ1n) is 8.11. The maximum atomic E-state index is 3.66. The second-order valence-electron chi connectivity index (χ2n) is 6.72. The fourth-order valence-corrected chi connectivity index (χ4v) is 3.36. The number of rotatable bonds is 9. The Kier molecular flexibility index (Phi) is 9.17. The first-order chi connectivity index (χ1) is 9.08. The van der Waals surface area contributed by atoms with Gasteiger partial charge in [0.05, 0.1) is 0 Å². The normalized spacial score (nSPS) is 20.7. The Hall–Kier alpha value is 0.270. The van der Waals surface area contributed by atoms with E-state index in [1.807, 2.05) is 0 Å². The first-order valence-corrected chi connectivity index (χ1v) is 9.27. The lowest BCUT2D eigenvalue weighted by Gasteiger charge is -2.28. The van der Waals surface area contributed by atoms with E-state index in [-0.39, 0.29) is 0 Å². The van der Waals surface area contributed by atoms with E-state index in [9.17, 15) is 0 Å². The zero-order chi connectivity index (χ0) is 14.1. The summed E-state index contributed by atoms with van der Waals surface area (Å²) in [5, 5.41) is 3.66. The Bertz CT molecular complexity index is 201. The van der Waals surface area contributed by atoms with Gasteiger partial charge in [0.2, 0.25) is 0 Å². The molecule has 0 saturated carbocycles. The lowest BCUT2D eigenvalue weighted by atomic mass is 10.1. The first kappa shape index (κ1) is 17.3. The third-order valence-electron chi connectivity index (χ3n) is 3.84. The highest BCUT2D eigenvalue weighted by atomic mass is 32.2. The van der Waals surface area contributed by atoms with Gasteiger partial charge in [0, 0.05) is 24.1 Å². The van der Waals surface area contributed by atoms with Gasteiger partial charge >= 0.3 is 0 Å². The van der Waals surface area contributed by atoms with Crippen LogP contribution in [0.4, 0.5) is 0 Å². The van der Waals surface area contributed by atoms with Crippen LogP contribution < -0.4 is 5.32 Å². The Balaban J connectivity index is 2.25. The van der Waals surface area contributed by atoms with E-state index in [2.05, 4.69) is 49.7 Å². The van der Waals surface area contributed by atoms with E-state index >= 15 is 0 Å². The number of thioether (sulfide) groups is 1. The van der Waals surface area contributed by atoms with Crippen molar-refractivity contribution in [2.45, 2.75) is 53.0 Å². The predicted molar refractivity (Wildman–Crippen MR) is 89.1 cm³/mol. The van der Waals surface area contributed by atoms with Gasteiger partial charge in [-0.15, -0.1) is 0 Å². The largest absolute Gasteiger partial charge is 0.312 e.